The number of nitrogens with zero attached hydrogens (tertiary/aromatic N) is 1. The van der Waals surface area contributed by atoms with Crippen molar-refractivity contribution in [1.82, 2.24) is 4.98 Å². The minimum atomic E-state index is -0.393. The van der Waals surface area contributed by atoms with Crippen LogP contribution < -0.4 is 5.46 Å². The maximum Gasteiger partial charge on any atom is 0.496 e. The Morgan fingerprint density at radius 3 is 2.17 bits per heavy atom. The van der Waals surface area contributed by atoms with Gasteiger partial charge in [0.2, 0.25) is 0 Å². The molecule has 0 unspecified atom stereocenters. The fourth-order valence-electron chi connectivity index (χ4n) is 1.93. The fraction of sp³-hybridized carbons (Fsp3) is 0.615. The number of rotatable bonds is 2. The van der Waals surface area contributed by atoms with Gasteiger partial charge in [-0.25, -0.2) is 0 Å². The normalized spacial score (nSPS) is 21.3. The van der Waals surface area contributed by atoms with E-state index >= 15 is 0 Å². The molecule has 1 fully saturated rings. The van der Waals surface area contributed by atoms with Crippen molar-refractivity contribution >= 4 is 12.6 Å². The lowest BCUT2D eigenvalue weighted by atomic mass is 9.78. The summed E-state index contributed by atoms with van der Waals surface area (Å²) in [6, 6.07) is 3.71. The Labute approximate surface area is 108 Å². The minimum absolute atomic E-state index is 0.0511. The van der Waals surface area contributed by atoms with Crippen LogP contribution in [0.25, 0.3) is 0 Å². The van der Waals surface area contributed by atoms with E-state index in [9.17, 15) is 0 Å². The van der Waals surface area contributed by atoms with Gasteiger partial charge in [-0.1, -0.05) is 6.07 Å². The third-order valence-electron chi connectivity index (χ3n) is 3.85. The van der Waals surface area contributed by atoms with Crippen LogP contribution in [0.3, 0.4) is 0 Å². The zero-order valence-corrected chi connectivity index (χ0v) is 11.7. The summed E-state index contributed by atoms with van der Waals surface area (Å²) in [5, 5.41) is 9.06. The van der Waals surface area contributed by atoms with Crippen molar-refractivity contribution in [2.75, 3.05) is 0 Å². The van der Waals surface area contributed by atoms with E-state index in [4.69, 9.17) is 14.4 Å². The van der Waals surface area contributed by atoms with Gasteiger partial charge in [0.05, 0.1) is 23.5 Å². The van der Waals surface area contributed by atoms with Crippen molar-refractivity contribution in [2.24, 2.45) is 0 Å². The highest BCUT2D eigenvalue weighted by Crippen LogP contribution is 2.36. The number of aryl methyl sites for hydroxylation is 1. The SMILES string of the molecule is Cc1nc(CO)ccc1B1OC(C)(C)C(C)(C)O1. The van der Waals surface area contributed by atoms with Gasteiger partial charge in [0.25, 0.3) is 0 Å². The second-order valence-corrected chi connectivity index (χ2v) is 5.72. The molecule has 5 heteroatoms. The van der Waals surface area contributed by atoms with Crippen molar-refractivity contribution in [3.63, 3.8) is 0 Å². The summed E-state index contributed by atoms with van der Waals surface area (Å²) in [4.78, 5) is 4.32. The van der Waals surface area contributed by atoms with Gasteiger partial charge in [-0.3, -0.25) is 4.98 Å². The van der Waals surface area contributed by atoms with Crippen LogP contribution in [0, 0.1) is 6.92 Å². The summed E-state index contributed by atoms with van der Waals surface area (Å²) in [6.07, 6.45) is 0. The summed E-state index contributed by atoms with van der Waals surface area (Å²) >= 11 is 0. The van der Waals surface area contributed by atoms with E-state index in [1.54, 1.807) is 6.07 Å². The van der Waals surface area contributed by atoms with Gasteiger partial charge in [0.15, 0.2) is 0 Å². The lowest BCUT2D eigenvalue weighted by molar-refractivity contribution is 0.00578. The first-order chi connectivity index (χ1) is 8.27. The van der Waals surface area contributed by atoms with Gasteiger partial charge in [-0.2, -0.15) is 0 Å². The molecule has 18 heavy (non-hydrogen) atoms. The predicted molar refractivity (Wildman–Crippen MR) is 70.6 cm³/mol. The van der Waals surface area contributed by atoms with Gasteiger partial charge < -0.3 is 14.4 Å². The van der Waals surface area contributed by atoms with Crippen LogP contribution in [0.5, 0.6) is 0 Å². The third-order valence-corrected chi connectivity index (χ3v) is 3.85. The first kappa shape index (κ1) is 13.5. The largest absolute Gasteiger partial charge is 0.496 e. The Kier molecular flexibility index (Phi) is 3.26. The molecular weight excluding hydrogens is 229 g/mol. The quantitative estimate of drug-likeness (QED) is 0.799. The first-order valence-electron chi connectivity index (χ1n) is 6.20. The lowest BCUT2D eigenvalue weighted by Crippen LogP contribution is -2.41. The van der Waals surface area contributed by atoms with Crippen molar-refractivity contribution in [2.45, 2.75) is 52.4 Å². The highest BCUT2D eigenvalue weighted by Gasteiger charge is 2.52. The number of aliphatic hydroxyl groups is 1. The van der Waals surface area contributed by atoms with E-state index in [2.05, 4.69) is 4.98 Å². The standard InChI is InChI=1S/C13H20BNO3/c1-9-11(7-6-10(8-16)15-9)14-17-12(2,3)13(4,5)18-14/h6-7,16H,8H2,1-5H3. The Hall–Kier alpha value is -0.905. The fourth-order valence-corrected chi connectivity index (χ4v) is 1.93. The molecule has 1 aromatic rings. The molecule has 0 amide bonds. The van der Waals surface area contributed by atoms with Crippen molar-refractivity contribution in [3.05, 3.63) is 23.5 Å². The summed E-state index contributed by atoms with van der Waals surface area (Å²) in [5.74, 6) is 0. The number of pyridine rings is 1. The second kappa shape index (κ2) is 4.33. The molecule has 1 aromatic heterocycles. The molecule has 2 rings (SSSR count). The third kappa shape index (κ3) is 2.18. The van der Waals surface area contributed by atoms with E-state index in [0.717, 1.165) is 11.2 Å². The smallest absolute Gasteiger partial charge is 0.399 e. The van der Waals surface area contributed by atoms with Crippen molar-refractivity contribution in [3.8, 4) is 0 Å². The van der Waals surface area contributed by atoms with E-state index < -0.39 is 7.12 Å². The summed E-state index contributed by atoms with van der Waals surface area (Å²) < 4.78 is 12.0. The molecule has 0 radical (unpaired) electrons. The molecule has 0 spiro atoms. The molecule has 2 heterocycles. The van der Waals surface area contributed by atoms with Crippen LogP contribution in [0.4, 0.5) is 0 Å². The molecule has 0 aliphatic carbocycles. The van der Waals surface area contributed by atoms with E-state index in [-0.39, 0.29) is 17.8 Å². The maximum atomic E-state index is 9.06. The summed E-state index contributed by atoms with van der Waals surface area (Å²) in [7, 11) is -0.393. The zero-order valence-electron chi connectivity index (χ0n) is 11.7. The maximum absolute atomic E-state index is 9.06. The Bertz CT molecular complexity index is 444. The molecular formula is C13H20BNO3. The Balaban J connectivity index is 2.30. The van der Waals surface area contributed by atoms with Crippen LogP contribution in [-0.4, -0.2) is 28.4 Å². The van der Waals surface area contributed by atoms with Gasteiger partial charge in [0.1, 0.15) is 0 Å². The molecule has 4 nitrogen and oxygen atoms in total. The molecule has 1 N–H and O–H groups in total. The van der Waals surface area contributed by atoms with Crippen LogP contribution >= 0.6 is 0 Å². The second-order valence-electron chi connectivity index (χ2n) is 5.72. The number of aromatic nitrogens is 1. The van der Waals surface area contributed by atoms with Crippen LogP contribution in [-0.2, 0) is 15.9 Å². The molecule has 0 saturated carbocycles. The molecule has 0 atom stereocenters. The van der Waals surface area contributed by atoms with E-state index in [1.807, 2.05) is 40.7 Å². The van der Waals surface area contributed by atoms with Crippen LogP contribution in [0.2, 0.25) is 0 Å². The zero-order chi connectivity index (χ0) is 13.6. The molecule has 0 bridgehead atoms. The highest BCUT2D eigenvalue weighted by atomic mass is 16.7. The summed E-state index contributed by atoms with van der Waals surface area (Å²) in [6.45, 7) is 9.95. The number of hydrogen-bond acceptors (Lipinski definition) is 4. The van der Waals surface area contributed by atoms with Gasteiger partial charge in [-0.05, 0) is 40.7 Å². The molecule has 1 saturated heterocycles. The Morgan fingerprint density at radius 2 is 1.72 bits per heavy atom. The van der Waals surface area contributed by atoms with Crippen LogP contribution in [0.1, 0.15) is 39.1 Å². The van der Waals surface area contributed by atoms with Gasteiger partial charge >= 0.3 is 7.12 Å². The number of aliphatic hydroxyl groups excluding tert-OH is 1. The van der Waals surface area contributed by atoms with Gasteiger partial charge in [0, 0.05) is 11.2 Å². The molecule has 1 aliphatic heterocycles. The average molecular weight is 249 g/mol. The first-order valence-corrected chi connectivity index (χ1v) is 6.20. The molecule has 0 aromatic carbocycles. The van der Waals surface area contributed by atoms with Crippen molar-refractivity contribution in [1.29, 1.82) is 0 Å². The predicted octanol–water partition coefficient (Wildman–Crippen LogP) is 1.18. The molecule has 1 aliphatic rings. The van der Waals surface area contributed by atoms with E-state index in [0.29, 0.717) is 5.69 Å². The van der Waals surface area contributed by atoms with Crippen molar-refractivity contribution < 1.29 is 14.4 Å². The topological polar surface area (TPSA) is 51.6 Å². The minimum Gasteiger partial charge on any atom is -0.399 e. The van der Waals surface area contributed by atoms with E-state index in [1.165, 1.54) is 0 Å². The van der Waals surface area contributed by atoms with Crippen LogP contribution in [0.15, 0.2) is 12.1 Å². The number of hydrogen-bond donors (Lipinski definition) is 1. The monoisotopic (exact) mass is 249 g/mol. The highest BCUT2D eigenvalue weighted by molar-refractivity contribution is 6.62. The lowest BCUT2D eigenvalue weighted by Gasteiger charge is -2.32. The van der Waals surface area contributed by atoms with Gasteiger partial charge in [-0.15, -0.1) is 0 Å². The summed E-state index contributed by atoms with van der Waals surface area (Å²) in [5.41, 5.74) is 1.72. The molecule has 98 valence electrons. The Morgan fingerprint density at radius 1 is 1.17 bits per heavy atom. The average Bonchev–Trinajstić information content (AvgIpc) is 2.47.